The van der Waals surface area contributed by atoms with Crippen LogP contribution in [0.2, 0.25) is 0 Å². The van der Waals surface area contributed by atoms with E-state index in [-0.39, 0.29) is 17.9 Å². The Labute approximate surface area is 143 Å². The minimum atomic E-state index is -2.30. The van der Waals surface area contributed by atoms with E-state index in [1.807, 2.05) is 0 Å². The summed E-state index contributed by atoms with van der Waals surface area (Å²) < 4.78 is 75.6. The molecular formula is C16H10F5NO4. The van der Waals surface area contributed by atoms with E-state index in [1.165, 1.54) is 24.3 Å². The summed E-state index contributed by atoms with van der Waals surface area (Å²) in [6, 6.07) is 4.99. The molecule has 138 valence electrons. The Balaban J connectivity index is 2.09. The minimum Gasteiger partial charge on any atom is -0.484 e. The Hall–Kier alpha value is -3.17. The van der Waals surface area contributed by atoms with Gasteiger partial charge in [-0.15, -0.1) is 0 Å². The van der Waals surface area contributed by atoms with Gasteiger partial charge >= 0.3 is 5.97 Å². The molecular weight excluding hydrogens is 365 g/mol. The number of hydrogen-bond acceptors (Lipinski definition) is 4. The van der Waals surface area contributed by atoms with Crippen LogP contribution >= 0.6 is 0 Å². The molecule has 0 atom stereocenters. The highest BCUT2D eigenvalue weighted by molar-refractivity contribution is 5.89. The van der Waals surface area contributed by atoms with E-state index in [1.54, 1.807) is 0 Å². The summed E-state index contributed by atoms with van der Waals surface area (Å²) >= 11 is 0. The fourth-order valence-electron chi connectivity index (χ4n) is 1.84. The Morgan fingerprint density at radius 1 is 0.846 bits per heavy atom. The van der Waals surface area contributed by atoms with E-state index in [0.717, 1.165) is 0 Å². The number of halogens is 5. The topological polar surface area (TPSA) is 78.6 Å². The lowest BCUT2D eigenvalue weighted by Gasteiger charge is -2.09. The summed E-state index contributed by atoms with van der Waals surface area (Å²) in [4.78, 5) is 22.4. The Kier molecular flexibility index (Phi) is 5.75. The van der Waals surface area contributed by atoms with Gasteiger partial charge in [-0.3, -0.25) is 4.79 Å². The lowest BCUT2D eigenvalue weighted by atomic mass is 10.1. The van der Waals surface area contributed by atoms with E-state index in [9.17, 15) is 31.5 Å². The van der Waals surface area contributed by atoms with Crippen LogP contribution in [0.25, 0.3) is 0 Å². The van der Waals surface area contributed by atoms with Gasteiger partial charge in [-0.2, -0.15) is 0 Å². The second-order valence-electron chi connectivity index (χ2n) is 4.90. The van der Waals surface area contributed by atoms with Crippen LogP contribution in [0.15, 0.2) is 24.3 Å². The summed E-state index contributed by atoms with van der Waals surface area (Å²) in [7, 11) is 0. The van der Waals surface area contributed by atoms with Crippen molar-refractivity contribution in [1.82, 2.24) is 0 Å². The van der Waals surface area contributed by atoms with Crippen LogP contribution in [0.4, 0.5) is 22.0 Å². The molecule has 0 spiro atoms. The largest absolute Gasteiger partial charge is 0.484 e. The first-order valence-corrected chi connectivity index (χ1v) is 6.91. The molecule has 0 fully saturated rings. The van der Waals surface area contributed by atoms with Crippen LogP contribution in [-0.2, 0) is 16.1 Å². The maximum atomic E-state index is 13.5. The lowest BCUT2D eigenvalue weighted by Crippen LogP contribution is -2.20. The lowest BCUT2D eigenvalue weighted by molar-refractivity contribution is -0.119. The number of amides is 1. The van der Waals surface area contributed by atoms with Crippen molar-refractivity contribution >= 4 is 11.9 Å². The van der Waals surface area contributed by atoms with Crippen molar-refractivity contribution in [3.63, 3.8) is 0 Å². The zero-order chi connectivity index (χ0) is 19.4. The third-order valence-corrected chi connectivity index (χ3v) is 3.12. The van der Waals surface area contributed by atoms with Crippen LogP contribution in [-0.4, -0.2) is 18.5 Å². The highest BCUT2D eigenvalue weighted by atomic mass is 19.2. The molecule has 2 aromatic rings. The Morgan fingerprint density at radius 3 is 1.85 bits per heavy atom. The molecule has 10 heteroatoms. The molecule has 26 heavy (non-hydrogen) atoms. The molecule has 0 unspecified atom stereocenters. The standard InChI is InChI=1S/C16H10F5NO4/c17-11-9(12(18)14(20)15(21)13(11)19)5-26-16(24)7-1-3-8(4-2-7)25-6-10(22)23/h1-4H,5-6H2,(H2,22,23). The number of carbonyl (C=O) groups excluding carboxylic acids is 2. The number of carbonyl (C=O) groups is 2. The molecule has 0 saturated heterocycles. The van der Waals surface area contributed by atoms with Crippen molar-refractivity contribution in [1.29, 1.82) is 0 Å². The maximum Gasteiger partial charge on any atom is 0.338 e. The van der Waals surface area contributed by atoms with Crippen LogP contribution < -0.4 is 10.5 Å². The van der Waals surface area contributed by atoms with E-state index in [0.29, 0.717) is 0 Å². The van der Waals surface area contributed by atoms with Gasteiger partial charge < -0.3 is 15.2 Å². The van der Waals surface area contributed by atoms with Gasteiger partial charge in [0.1, 0.15) is 12.4 Å². The molecule has 2 aromatic carbocycles. The Bertz CT molecular complexity index is 826. The number of hydrogen-bond donors (Lipinski definition) is 1. The highest BCUT2D eigenvalue weighted by Crippen LogP contribution is 2.24. The predicted molar refractivity (Wildman–Crippen MR) is 76.5 cm³/mol. The van der Waals surface area contributed by atoms with Crippen molar-refractivity contribution in [2.75, 3.05) is 6.61 Å². The monoisotopic (exact) mass is 375 g/mol. The molecule has 1 amide bonds. The number of primary amides is 1. The molecule has 0 aliphatic carbocycles. The first-order chi connectivity index (χ1) is 12.2. The molecule has 0 radical (unpaired) electrons. The molecule has 0 aliphatic rings. The van der Waals surface area contributed by atoms with Gasteiger partial charge in [-0.1, -0.05) is 0 Å². The number of esters is 1. The zero-order valence-electron chi connectivity index (χ0n) is 12.8. The van der Waals surface area contributed by atoms with Gasteiger partial charge in [-0.25, -0.2) is 26.7 Å². The normalized spacial score (nSPS) is 10.5. The summed E-state index contributed by atoms with van der Waals surface area (Å²) in [5, 5.41) is 0. The average Bonchev–Trinajstić information content (AvgIpc) is 2.63. The van der Waals surface area contributed by atoms with E-state index < -0.39 is 53.1 Å². The van der Waals surface area contributed by atoms with Crippen LogP contribution in [0, 0.1) is 29.1 Å². The molecule has 0 bridgehead atoms. The van der Waals surface area contributed by atoms with Crippen molar-refractivity contribution in [2.45, 2.75) is 6.61 Å². The fourth-order valence-corrected chi connectivity index (χ4v) is 1.84. The summed E-state index contributed by atoms with van der Waals surface area (Å²) in [6.45, 7) is -1.55. The maximum absolute atomic E-state index is 13.5. The quantitative estimate of drug-likeness (QED) is 0.364. The minimum absolute atomic E-state index is 0.0831. The number of nitrogens with two attached hydrogens (primary N) is 1. The van der Waals surface area contributed by atoms with Gasteiger partial charge in [0, 0.05) is 0 Å². The molecule has 5 nitrogen and oxygen atoms in total. The first-order valence-electron chi connectivity index (χ1n) is 6.91. The summed E-state index contributed by atoms with van der Waals surface area (Å²) in [5.74, 6) is -12.3. The number of rotatable bonds is 6. The van der Waals surface area contributed by atoms with Crippen LogP contribution in [0.3, 0.4) is 0 Å². The zero-order valence-corrected chi connectivity index (χ0v) is 12.8. The summed E-state index contributed by atoms with van der Waals surface area (Å²) in [5.41, 5.74) is 3.54. The van der Waals surface area contributed by atoms with Crippen molar-refractivity contribution in [3.8, 4) is 5.75 Å². The van der Waals surface area contributed by atoms with Crippen LogP contribution in [0.1, 0.15) is 15.9 Å². The van der Waals surface area contributed by atoms with E-state index in [2.05, 4.69) is 4.74 Å². The van der Waals surface area contributed by atoms with Gasteiger partial charge in [-0.05, 0) is 24.3 Å². The molecule has 0 saturated carbocycles. The van der Waals surface area contributed by atoms with Crippen LogP contribution in [0.5, 0.6) is 5.75 Å². The molecule has 0 heterocycles. The van der Waals surface area contributed by atoms with Gasteiger partial charge in [0.15, 0.2) is 29.9 Å². The molecule has 0 aromatic heterocycles. The van der Waals surface area contributed by atoms with Gasteiger partial charge in [0.2, 0.25) is 5.82 Å². The molecule has 2 rings (SSSR count). The number of benzene rings is 2. The SMILES string of the molecule is NC(=O)COc1ccc(C(=O)OCc2c(F)c(F)c(F)c(F)c2F)cc1. The van der Waals surface area contributed by atoms with Crippen molar-refractivity contribution in [2.24, 2.45) is 5.73 Å². The first kappa shape index (κ1) is 19.2. The second-order valence-corrected chi connectivity index (χ2v) is 4.90. The Morgan fingerprint density at radius 2 is 1.35 bits per heavy atom. The number of ether oxygens (including phenoxy) is 2. The average molecular weight is 375 g/mol. The van der Waals surface area contributed by atoms with E-state index >= 15 is 0 Å². The van der Waals surface area contributed by atoms with Gasteiger partial charge in [0.05, 0.1) is 11.1 Å². The van der Waals surface area contributed by atoms with Crippen molar-refractivity contribution < 1.29 is 41.0 Å². The highest BCUT2D eigenvalue weighted by Gasteiger charge is 2.26. The second kappa shape index (κ2) is 7.81. The summed E-state index contributed by atoms with van der Waals surface area (Å²) in [6.07, 6.45) is 0. The third kappa shape index (κ3) is 4.08. The predicted octanol–water partition coefficient (Wildman–Crippen LogP) is 2.60. The van der Waals surface area contributed by atoms with Gasteiger partial charge in [0.25, 0.3) is 5.91 Å². The fraction of sp³-hybridized carbons (Fsp3) is 0.125. The van der Waals surface area contributed by atoms with Crippen molar-refractivity contribution in [3.05, 3.63) is 64.5 Å². The van der Waals surface area contributed by atoms with E-state index in [4.69, 9.17) is 10.5 Å². The third-order valence-electron chi connectivity index (χ3n) is 3.12. The smallest absolute Gasteiger partial charge is 0.338 e. The molecule has 0 aliphatic heterocycles. The molecule has 2 N–H and O–H groups in total.